The van der Waals surface area contributed by atoms with Gasteiger partial charge in [0.2, 0.25) is 0 Å². The Bertz CT molecular complexity index is 611. The van der Waals surface area contributed by atoms with Crippen LogP contribution in [0.4, 0.5) is 5.69 Å². The fourth-order valence-electron chi connectivity index (χ4n) is 2.12. The molecule has 0 heterocycles. The first-order valence-electron chi connectivity index (χ1n) is 6.95. The summed E-state index contributed by atoms with van der Waals surface area (Å²) in [5.41, 5.74) is 7.99. The Kier molecular flexibility index (Phi) is 5.10. The van der Waals surface area contributed by atoms with Crippen molar-refractivity contribution < 1.29 is 4.74 Å². The average Bonchev–Trinajstić information content (AvgIpc) is 2.42. The van der Waals surface area contributed by atoms with Crippen LogP contribution < -0.4 is 15.4 Å². The number of halogens is 1. The molecule has 0 amide bonds. The Labute approximate surface area is 131 Å². The van der Waals surface area contributed by atoms with E-state index < -0.39 is 0 Å². The van der Waals surface area contributed by atoms with Crippen LogP contribution in [0.25, 0.3) is 0 Å². The number of rotatable bonds is 5. The van der Waals surface area contributed by atoms with E-state index in [2.05, 4.69) is 0 Å². The quantitative estimate of drug-likeness (QED) is 0.904. The van der Waals surface area contributed by atoms with Crippen LogP contribution in [0.1, 0.15) is 12.5 Å². The maximum Gasteiger partial charge on any atom is 0.149 e. The summed E-state index contributed by atoms with van der Waals surface area (Å²) in [5.74, 6) is 1.45. The minimum Gasteiger partial charge on any atom is -0.455 e. The maximum atomic E-state index is 6.29. The maximum absolute atomic E-state index is 6.29. The summed E-state index contributed by atoms with van der Waals surface area (Å²) in [6.07, 6.45) is 0.725. The van der Waals surface area contributed by atoms with Gasteiger partial charge in [0.15, 0.2) is 0 Å². The summed E-state index contributed by atoms with van der Waals surface area (Å²) >= 11 is 6.29. The number of hydrogen-bond donors (Lipinski definition) is 1. The number of anilines is 1. The zero-order valence-electron chi connectivity index (χ0n) is 12.6. The Balaban J connectivity index is 2.32. The van der Waals surface area contributed by atoms with Gasteiger partial charge in [-0.15, -0.1) is 0 Å². The Morgan fingerprint density at radius 1 is 1.19 bits per heavy atom. The molecule has 4 heteroatoms. The molecule has 0 aliphatic rings. The van der Waals surface area contributed by atoms with Gasteiger partial charge in [-0.05, 0) is 37.1 Å². The van der Waals surface area contributed by atoms with E-state index in [-0.39, 0.29) is 6.04 Å². The fourth-order valence-corrected chi connectivity index (χ4v) is 2.35. The summed E-state index contributed by atoms with van der Waals surface area (Å²) in [4.78, 5) is 2.03. The van der Waals surface area contributed by atoms with Crippen molar-refractivity contribution in [2.75, 3.05) is 19.0 Å². The molecule has 2 N–H and O–H groups in total. The van der Waals surface area contributed by atoms with Crippen LogP contribution in [0.2, 0.25) is 5.02 Å². The number of nitrogens with zero attached hydrogens (tertiary/aromatic N) is 1. The topological polar surface area (TPSA) is 38.5 Å². The molecule has 3 nitrogen and oxygen atoms in total. The van der Waals surface area contributed by atoms with Crippen LogP contribution in [0, 0.1) is 0 Å². The lowest BCUT2D eigenvalue weighted by molar-refractivity contribution is 0.474. The monoisotopic (exact) mass is 304 g/mol. The molecule has 0 saturated heterocycles. The van der Waals surface area contributed by atoms with Gasteiger partial charge in [0.1, 0.15) is 11.5 Å². The molecule has 0 radical (unpaired) electrons. The Hall–Kier alpha value is -1.71. The first-order chi connectivity index (χ1) is 9.97. The lowest BCUT2D eigenvalue weighted by atomic mass is 10.1. The molecular formula is C17H21ClN2O. The Morgan fingerprint density at radius 2 is 1.90 bits per heavy atom. The third-order valence-corrected chi connectivity index (χ3v) is 3.44. The zero-order valence-corrected chi connectivity index (χ0v) is 13.4. The molecule has 2 aromatic carbocycles. The van der Waals surface area contributed by atoms with Gasteiger partial charge >= 0.3 is 0 Å². The number of hydrogen-bond acceptors (Lipinski definition) is 3. The highest BCUT2D eigenvalue weighted by Gasteiger charge is 2.11. The van der Waals surface area contributed by atoms with Crippen molar-refractivity contribution in [1.82, 2.24) is 0 Å². The minimum atomic E-state index is 0.0546. The third-order valence-electron chi connectivity index (χ3n) is 3.14. The van der Waals surface area contributed by atoms with Crippen molar-refractivity contribution in [2.45, 2.75) is 19.4 Å². The molecule has 0 aliphatic heterocycles. The molecule has 0 aliphatic carbocycles. The van der Waals surface area contributed by atoms with Crippen molar-refractivity contribution in [2.24, 2.45) is 5.73 Å². The molecule has 2 rings (SSSR count). The highest BCUT2D eigenvalue weighted by molar-refractivity contribution is 6.32. The molecule has 2 aromatic rings. The van der Waals surface area contributed by atoms with E-state index in [9.17, 15) is 0 Å². The molecule has 112 valence electrons. The molecular weight excluding hydrogens is 284 g/mol. The van der Waals surface area contributed by atoms with Crippen molar-refractivity contribution in [3.63, 3.8) is 0 Å². The predicted octanol–water partition coefficient (Wildman–Crippen LogP) is 4.09. The SMILES string of the molecule is CC(N)Cc1cccc(Cl)c1Oc1cccc(N(C)C)c1. The molecule has 0 aromatic heterocycles. The van der Waals surface area contributed by atoms with E-state index in [1.165, 1.54) is 0 Å². The van der Waals surface area contributed by atoms with Crippen LogP contribution >= 0.6 is 11.6 Å². The van der Waals surface area contributed by atoms with Gasteiger partial charge < -0.3 is 15.4 Å². The number of benzene rings is 2. The van der Waals surface area contributed by atoms with Crippen LogP contribution in [0.3, 0.4) is 0 Å². The molecule has 1 unspecified atom stereocenters. The van der Waals surface area contributed by atoms with E-state index in [1.807, 2.05) is 68.4 Å². The molecule has 1 atom stereocenters. The van der Waals surface area contributed by atoms with Gasteiger partial charge in [-0.25, -0.2) is 0 Å². The van der Waals surface area contributed by atoms with Gasteiger partial charge in [-0.3, -0.25) is 0 Å². The van der Waals surface area contributed by atoms with Gasteiger partial charge in [0.05, 0.1) is 5.02 Å². The van der Waals surface area contributed by atoms with E-state index in [0.717, 1.165) is 23.4 Å². The average molecular weight is 305 g/mol. The van der Waals surface area contributed by atoms with E-state index >= 15 is 0 Å². The standard InChI is InChI=1S/C17H21ClN2O/c1-12(19)10-13-6-4-9-16(18)17(13)21-15-8-5-7-14(11-15)20(2)3/h4-9,11-12H,10,19H2,1-3H3. The molecule has 0 spiro atoms. The number of ether oxygens (including phenoxy) is 1. The zero-order chi connectivity index (χ0) is 15.4. The van der Waals surface area contributed by atoms with Crippen LogP contribution in [0.5, 0.6) is 11.5 Å². The number of para-hydroxylation sites is 1. The lowest BCUT2D eigenvalue weighted by Gasteiger charge is -2.17. The number of nitrogens with two attached hydrogens (primary N) is 1. The highest BCUT2D eigenvalue weighted by Crippen LogP contribution is 2.34. The van der Waals surface area contributed by atoms with Crippen LogP contribution in [-0.2, 0) is 6.42 Å². The van der Waals surface area contributed by atoms with Crippen molar-refractivity contribution in [1.29, 1.82) is 0 Å². The van der Waals surface area contributed by atoms with Gasteiger partial charge in [-0.2, -0.15) is 0 Å². The van der Waals surface area contributed by atoms with E-state index in [0.29, 0.717) is 10.8 Å². The molecule has 0 saturated carbocycles. The summed E-state index contributed by atoms with van der Waals surface area (Å²) < 4.78 is 6.02. The first-order valence-corrected chi connectivity index (χ1v) is 7.33. The van der Waals surface area contributed by atoms with Crippen LogP contribution in [0.15, 0.2) is 42.5 Å². The molecule has 0 bridgehead atoms. The van der Waals surface area contributed by atoms with Crippen molar-refractivity contribution in [3.8, 4) is 11.5 Å². The smallest absolute Gasteiger partial charge is 0.149 e. The second kappa shape index (κ2) is 6.83. The minimum absolute atomic E-state index is 0.0546. The van der Waals surface area contributed by atoms with Gasteiger partial charge in [-0.1, -0.05) is 29.8 Å². The third kappa shape index (κ3) is 4.13. The second-order valence-electron chi connectivity index (χ2n) is 5.40. The molecule has 0 fully saturated rings. The summed E-state index contributed by atoms with van der Waals surface area (Å²) in [5, 5.41) is 0.600. The largest absolute Gasteiger partial charge is 0.455 e. The molecule has 21 heavy (non-hydrogen) atoms. The fraction of sp³-hybridized carbons (Fsp3) is 0.294. The van der Waals surface area contributed by atoms with Crippen molar-refractivity contribution in [3.05, 3.63) is 53.1 Å². The van der Waals surface area contributed by atoms with E-state index in [4.69, 9.17) is 22.1 Å². The second-order valence-corrected chi connectivity index (χ2v) is 5.81. The summed E-state index contributed by atoms with van der Waals surface area (Å²) in [7, 11) is 3.99. The lowest BCUT2D eigenvalue weighted by Crippen LogP contribution is -2.18. The van der Waals surface area contributed by atoms with Gasteiger partial charge in [0, 0.05) is 31.9 Å². The normalized spacial score (nSPS) is 12.0. The Morgan fingerprint density at radius 3 is 2.57 bits per heavy atom. The first kappa shape index (κ1) is 15.7. The van der Waals surface area contributed by atoms with Crippen LogP contribution in [-0.4, -0.2) is 20.1 Å². The van der Waals surface area contributed by atoms with Gasteiger partial charge in [0.25, 0.3) is 0 Å². The highest BCUT2D eigenvalue weighted by atomic mass is 35.5. The summed E-state index contributed by atoms with van der Waals surface area (Å²) in [6.45, 7) is 1.97. The van der Waals surface area contributed by atoms with E-state index in [1.54, 1.807) is 0 Å². The summed E-state index contributed by atoms with van der Waals surface area (Å²) in [6, 6.07) is 13.7. The van der Waals surface area contributed by atoms with Crippen molar-refractivity contribution >= 4 is 17.3 Å². The predicted molar refractivity (Wildman–Crippen MR) is 89.6 cm³/mol.